The predicted molar refractivity (Wildman–Crippen MR) is 110 cm³/mol. The molecule has 146 valence electrons. The zero-order valence-electron chi connectivity index (χ0n) is 16.2. The van der Waals surface area contributed by atoms with Crippen LogP contribution in [0.25, 0.3) is 0 Å². The van der Waals surface area contributed by atoms with E-state index < -0.39 is 0 Å². The van der Waals surface area contributed by atoms with Gasteiger partial charge in [-0.2, -0.15) is 0 Å². The van der Waals surface area contributed by atoms with Crippen LogP contribution < -0.4 is 15.6 Å². The molecule has 0 spiro atoms. The second-order valence-corrected chi connectivity index (χ2v) is 7.67. The minimum atomic E-state index is -0.171. The van der Waals surface area contributed by atoms with Crippen molar-refractivity contribution in [3.8, 4) is 5.75 Å². The molecule has 2 N–H and O–H groups in total. The zero-order valence-corrected chi connectivity index (χ0v) is 17.0. The van der Waals surface area contributed by atoms with Crippen molar-refractivity contribution in [2.75, 3.05) is 0 Å². The number of nitrogens with zero attached hydrogens (tertiary/aromatic N) is 1. The molecule has 1 amide bonds. The summed E-state index contributed by atoms with van der Waals surface area (Å²) < 4.78 is 5.72. The number of aryl methyl sites for hydroxylation is 3. The Morgan fingerprint density at radius 3 is 2.68 bits per heavy atom. The van der Waals surface area contributed by atoms with Crippen LogP contribution in [-0.2, 0) is 24.4 Å². The lowest BCUT2D eigenvalue weighted by atomic mass is 10.1. The van der Waals surface area contributed by atoms with Gasteiger partial charge in [-0.05, 0) is 44.5 Å². The van der Waals surface area contributed by atoms with Crippen LogP contribution in [0.1, 0.15) is 33.1 Å². The molecule has 0 fully saturated rings. The summed E-state index contributed by atoms with van der Waals surface area (Å²) in [6.07, 6.45) is 0.170. The molecule has 7 heteroatoms. The molecule has 3 rings (SSSR count). The number of rotatable bonds is 7. The highest BCUT2D eigenvalue weighted by atomic mass is 32.1. The van der Waals surface area contributed by atoms with E-state index in [4.69, 9.17) is 4.74 Å². The van der Waals surface area contributed by atoms with Gasteiger partial charge in [0.1, 0.15) is 17.4 Å². The second-order valence-electron chi connectivity index (χ2n) is 6.73. The molecular formula is C21H23N3O3S. The smallest absolute Gasteiger partial charge is 0.253 e. The average molecular weight is 398 g/mol. The monoisotopic (exact) mass is 397 g/mol. The molecule has 2 aromatic heterocycles. The lowest BCUT2D eigenvalue weighted by Gasteiger charge is -2.07. The van der Waals surface area contributed by atoms with Crippen molar-refractivity contribution >= 4 is 17.2 Å². The minimum Gasteiger partial charge on any atom is -0.486 e. The van der Waals surface area contributed by atoms with E-state index in [0.717, 1.165) is 22.0 Å². The number of hydrogen-bond acceptors (Lipinski definition) is 5. The molecule has 0 unspecified atom stereocenters. The fraction of sp³-hybridized carbons (Fsp3) is 0.286. The molecule has 28 heavy (non-hydrogen) atoms. The van der Waals surface area contributed by atoms with E-state index in [-0.39, 0.29) is 24.4 Å². The lowest BCUT2D eigenvalue weighted by molar-refractivity contribution is -0.120. The normalized spacial score (nSPS) is 10.7. The third kappa shape index (κ3) is 5.29. The van der Waals surface area contributed by atoms with E-state index in [1.165, 1.54) is 16.9 Å². The molecule has 0 atom stereocenters. The van der Waals surface area contributed by atoms with Crippen molar-refractivity contribution in [1.29, 1.82) is 0 Å². The first-order valence-corrected chi connectivity index (χ1v) is 9.87. The molecule has 0 bridgehead atoms. The number of carbonyl (C=O) groups excluding carboxylic acids is 1. The third-order valence-electron chi connectivity index (χ3n) is 4.28. The first kappa shape index (κ1) is 19.8. The van der Waals surface area contributed by atoms with Gasteiger partial charge in [-0.15, -0.1) is 11.3 Å². The van der Waals surface area contributed by atoms with Gasteiger partial charge in [0.25, 0.3) is 5.56 Å². The molecule has 0 saturated heterocycles. The number of aromatic amines is 1. The first-order valence-electron chi connectivity index (χ1n) is 8.99. The Balaban J connectivity index is 1.51. The number of amides is 1. The fourth-order valence-corrected chi connectivity index (χ4v) is 3.50. The molecule has 1 aromatic carbocycles. The topological polar surface area (TPSA) is 84.1 Å². The highest BCUT2D eigenvalue weighted by molar-refractivity contribution is 7.09. The number of pyridine rings is 1. The third-order valence-corrected chi connectivity index (χ3v) is 5.15. The van der Waals surface area contributed by atoms with Gasteiger partial charge in [0.2, 0.25) is 5.91 Å². The van der Waals surface area contributed by atoms with Gasteiger partial charge in [0, 0.05) is 23.2 Å². The lowest BCUT2D eigenvalue weighted by Crippen LogP contribution is -2.29. The van der Waals surface area contributed by atoms with Crippen LogP contribution in [0.4, 0.5) is 0 Å². The summed E-state index contributed by atoms with van der Waals surface area (Å²) >= 11 is 1.46. The molecule has 0 aliphatic carbocycles. The van der Waals surface area contributed by atoms with Crippen LogP contribution in [0.3, 0.4) is 0 Å². The second kappa shape index (κ2) is 8.84. The van der Waals surface area contributed by atoms with Crippen LogP contribution in [0.15, 0.2) is 40.5 Å². The fourth-order valence-electron chi connectivity index (χ4n) is 2.79. The van der Waals surface area contributed by atoms with Crippen molar-refractivity contribution in [1.82, 2.24) is 15.3 Å². The summed E-state index contributed by atoms with van der Waals surface area (Å²) in [5, 5.41) is 5.47. The number of hydrogen-bond donors (Lipinski definition) is 2. The highest BCUT2D eigenvalue weighted by Crippen LogP contribution is 2.16. The van der Waals surface area contributed by atoms with Crippen LogP contribution in [-0.4, -0.2) is 15.9 Å². The van der Waals surface area contributed by atoms with E-state index in [1.807, 2.05) is 56.5 Å². The van der Waals surface area contributed by atoms with Crippen molar-refractivity contribution in [2.45, 2.75) is 40.3 Å². The summed E-state index contributed by atoms with van der Waals surface area (Å²) in [5.41, 5.74) is 3.95. The number of benzene rings is 1. The van der Waals surface area contributed by atoms with Gasteiger partial charge in [-0.1, -0.05) is 17.7 Å². The number of thiazole rings is 1. The van der Waals surface area contributed by atoms with Crippen LogP contribution in [0.2, 0.25) is 0 Å². The molecule has 0 saturated carbocycles. The van der Waals surface area contributed by atoms with Gasteiger partial charge in [-0.3, -0.25) is 9.59 Å². The van der Waals surface area contributed by atoms with E-state index in [9.17, 15) is 9.59 Å². The summed E-state index contributed by atoms with van der Waals surface area (Å²) in [4.78, 5) is 31.4. The Morgan fingerprint density at radius 1 is 1.21 bits per heavy atom. The van der Waals surface area contributed by atoms with Crippen LogP contribution in [0.5, 0.6) is 5.75 Å². The quantitative estimate of drug-likeness (QED) is 0.641. The van der Waals surface area contributed by atoms with Crippen molar-refractivity contribution < 1.29 is 9.53 Å². The Morgan fingerprint density at radius 2 is 1.96 bits per heavy atom. The van der Waals surface area contributed by atoms with Gasteiger partial charge in [-0.25, -0.2) is 4.98 Å². The van der Waals surface area contributed by atoms with Crippen molar-refractivity contribution in [2.24, 2.45) is 0 Å². The Labute approximate surface area is 167 Å². The minimum absolute atomic E-state index is 0.165. The average Bonchev–Trinajstić information content (AvgIpc) is 3.07. The number of nitrogens with one attached hydrogen (secondary N) is 2. The Hall–Kier alpha value is -2.93. The largest absolute Gasteiger partial charge is 0.486 e. The van der Waals surface area contributed by atoms with Gasteiger partial charge < -0.3 is 15.0 Å². The maximum atomic E-state index is 12.2. The van der Waals surface area contributed by atoms with Crippen LogP contribution in [0, 0.1) is 20.8 Å². The summed E-state index contributed by atoms with van der Waals surface area (Å²) in [5.74, 6) is 0.620. The SMILES string of the molecule is Cc1ccc(OCc2nc(CC(=O)NCc3c(C)cc(C)[nH]c3=O)cs2)cc1. The van der Waals surface area contributed by atoms with E-state index in [2.05, 4.69) is 15.3 Å². The number of carbonyl (C=O) groups is 1. The van der Waals surface area contributed by atoms with Gasteiger partial charge in [0.15, 0.2) is 0 Å². The van der Waals surface area contributed by atoms with Crippen molar-refractivity contribution in [3.63, 3.8) is 0 Å². The first-order chi connectivity index (χ1) is 13.4. The van der Waals surface area contributed by atoms with E-state index >= 15 is 0 Å². The molecular weight excluding hydrogens is 374 g/mol. The van der Waals surface area contributed by atoms with Gasteiger partial charge in [0.05, 0.1) is 12.1 Å². The molecule has 2 heterocycles. The Kier molecular flexibility index (Phi) is 6.26. The predicted octanol–water partition coefficient (Wildman–Crippen LogP) is 3.19. The standard InChI is InChI=1S/C21H23N3O3S/c1-13-4-6-17(7-5-13)27-11-20-24-16(12-28-20)9-19(25)22-10-18-14(2)8-15(3)23-21(18)26/h4-8,12H,9-11H2,1-3H3,(H,22,25)(H,23,26). The zero-order chi connectivity index (χ0) is 20.1. The van der Waals surface area contributed by atoms with Crippen LogP contribution >= 0.6 is 11.3 Å². The van der Waals surface area contributed by atoms with Crippen molar-refractivity contribution in [3.05, 3.63) is 79.2 Å². The number of aromatic nitrogens is 2. The molecule has 6 nitrogen and oxygen atoms in total. The summed E-state index contributed by atoms with van der Waals surface area (Å²) in [6, 6.07) is 9.73. The van der Waals surface area contributed by atoms with E-state index in [1.54, 1.807) is 0 Å². The maximum Gasteiger partial charge on any atom is 0.253 e. The molecule has 0 aliphatic heterocycles. The van der Waals surface area contributed by atoms with E-state index in [0.29, 0.717) is 17.9 Å². The molecule has 3 aromatic rings. The highest BCUT2D eigenvalue weighted by Gasteiger charge is 2.11. The maximum absolute atomic E-state index is 12.2. The number of ether oxygens (including phenoxy) is 1. The number of H-pyrrole nitrogens is 1. The molecule has 0 aliphatic rings. The summed E-state index contributed by atoms with van der Waals surface area (Å²) in [7, 11) is 0. The van der Waals surface area contributed by atoms with Gasteiger partial charge >= 0.3 is 0 Å². The Bertz CT molecular complexity index is 1020. The molecule has 0 radical (unpaired) electrons. The summed E-state index contributed by atoms with van der Waals surface area (Å²) in [6.45, 7) is 6.29.